The molecular formula is C42H78O16P2. The number of phosphoric ester groups is 2. The van der Waals surface area contributed by atoms with Crippen LogP contribution in [-0.4, -0.2) is 104 Å². The van der Waals surface area contributed by atoms with Crippen molar-refractivity contribution in [2.45, 2.75) is 192 Å². The quantitative estimate of drug-likeness (QED) is 0.0137. The molecule has 0 bridgehead atoms. The lowest BCUT2D eigenvalue weighted by molar-refractivity contribution is -0.161. The number of esters is 2. The molecule has 1 fully saturated rings. The van der Waals surface area contributed by atoms with Crippen LogP contribution in [-0.2, 0) is 41.8 Å². The van der Waals surface area contributed by atoms with Gasteiger partial charge in [-0.2, -0.15) is 0 Å². The van der Waals surface area contributed by atoms with Gasteiger partial charge in [0.15, 0.2) is 6.10 Å². The molecule has 0 spiro atoms. The van der Waals surface area contributed by atoms with E-state index in [0.29, 0.717) is 32.1 Å². The van der Waals surface area contributed by atoms with E-state index >= 15 is 0 Å². The average Bonchev–Trinajstić information content (AvgIpc) is 3.46. The lowest BCUT2D eigenvalue weighted by Crippen LogP contribution is -2.30. The molecule has 1 unspecified atom stereocenters. The van der Waals surface area contributed by atoms with Gasteiger partial charge in [-0.1, -0.05) is 134 Å². The number of hydrogen-bond donors (Lipinski definition) is 7. The van der Waals surface area contributed by atoms with Crippen molar-refractivity contribution in [3.63, 3.8) is 0 Å². The van der Waals surface area contributed by atoms with Crippen LogP contribution >= 0.6 is 15.6 Å². The normalized spacial score (nSPS) is 21.0. The van der Waals surface area contributed by atoms with Gasteiger partial charge in [-0.3, -0.25) is 23.2 Å². The van der Waals surface area contributed by atoms with Crippen molar-refractivity contribution >= 4 is 27.6 Å². The maximum absolute atomic E-state index is 12.7. The molecule has 1 aliphatic rings. The number of unbranched alkanes of at least 4 members (excludes halogenated alkanes) is 15. The Hall–Kier alpha value is -1.52. The Kier molecular flexibility index (Phi) is 32.0. The number of carbonyl (C=O) groups is 2. The average molecular weight is 901 g/mol. The summed E-state index contributed by atoms with van der Waals surface area (Å²) >= 11 is 0. The molecule has 16 nitrogen and oxygen atoms in total. The summed E-state index contributed by atoms with van der Waals surface area (Å²) in [5.41, 5.74) is 0. The fourth-order valence-electron chi connectivity index (χ4n) is 6.93. The second kappa shape index (κ2) is 34.0. The van der Waals surface area contributed by atoms with Crippen molar-refractivity contribution in [1.82, 2.24) is 0 Å². The smallest absolute Gasteiger partial charge is 0.462 e. The van der Waals surface area contributed by atoms with Gasteiger partial charge in [0.25, 0.3) is 0 Å². The summed E-state index contributed by atoms with van der Waals surface area (Å²) < 4.78 is 47.7. The highest BCUT2D eigenvalue weighted by molar-refractivity contribution is 7.47. The first-order chi connectivity index (χ1) is 28.6. The molecule has 0 radical (unpaired) electrons. The summed E-state index contributed by atoms with van der Waals surface area (Å²) in [6.45, 7) is 1.39. The van der Waals surface area contributed by atoms with E-state index < -0.39 is 84.5 Å². The second-order valence-electron chi connectivity index (χ2n) is 15.9. The first kappa shape index (κ1) is 56.5. The minimum Gasteiger partial charge on any atom is -0.462 e. The predicted octanol–water partition coefficient (Wildman–Crippen LogP) is 7.50. The Balaban J connectivity index is 2.57. The molecule has 0 aromatic rings. The third-order valence-electron chi connectivity index (χ3n) is 10.4. The van der Waals surface area contributed by atoms with Gasteiger partial charge < -0.3 is 44.6 Å². The summed E-state index contributed by atoms with van der Waals surface area (Å²) in [6, 6.07) is 0. The van der Waals surface area contributed by atoms with Gasteiger partial charge in [0.05, 0.1) is 38.1 Å². The van der Waals surface area contributed by atoms with E-state index in [1.165, 1.54) is 51.4 Å². The Morgan fingerprint density at radius 3 is 1.83 bits per heavy atom. The highest BCUT2D eigenvalue weighted by Gasteiger charge is 2.39. The first-order valence-electron chi connectivity index (χ1n) is 22.3. The number of ether oxygens (including phenoxy) is 2. The van der Waals surface area contributed by atoms with Crippen molar-refractivity contribution in [1.29, 1.82) is 0 Å². The highest BCUT2D eigenvalue weighted by Crippen LogP contribution is 2.44. The summed E-state index contributed by atoms with van der Waals surface area (Å²) in [7, 11) is -9.75. The zero-order valence-corrected chi connectivity index (χ0v) is 37.9. The minimum absolute atomic E-state index is 0.0209. The Labute approximate surface area is 358 Å². The van der Waals surface area contributed by atoms with Gasteiger partial charge in [-0.05, 0) is 38.0 Å². The van der Waals surface area contributed by atoms with Gasteiger partial charge >= 0.3 is 27.6 Å². The van der Waals surface area contributed by atoms with E-state index in [4.69, 9.17) is 23.8 Å². The summed E-state index contributed by atoms with van der Waals surface area (Å²) in [4.78, 5) is 52.9. The van der Waals surface area contributed by atoms with Crippen molar-refractivity contribution in [2.75, 3.05) is 26.4 Å². The number of hydrogen-bond acceptors (Lipinski definition) is 13. The minimum atomic E-state index is -4.89. The molecular weight excluding hydrogens is 822 g/mol. The number of phosphoric acid groups is 2. The molecule has 0 aromatic carbocycles. The van der Waals surface area contributed by atoms with E-state index in [2.05, 4.69) is 22.9 Å². The van der Waals surface area contributed by atoms with Gasteiger partial charge in [0.2, 0.25) is 0 Å². The number of carbonyl (C=O) groups excluding carboxylic acids is 2. The Morgan fingerprint density at radius 1 is 0.667 bits per heavy atom. The molecule has 0 heterocycles. The SMILES string of the molecule is CCCCCCCCCCCCCCCC(=O)O[C@H](COC(=O)CCC/C=C/C[C@@H]1[C@@H](/C=C/[C@@H](O)CCCCC)[C@H](O)C[C@@H]1O)COP(=O)(O)OC[C@@H](O)COP(=O)(O)O. The zero-order chi connectivity index (χ0) is 44.7. The molecule has 60 heavy (non-hydrogen) atoms. The molecule has 1 saturated carbocycles. The van der Waals surface area contributed by atoms with Crippen molar-refractivity contribution in [2.24, 2.45) is 11.8 Å². The molecule has 18 heteroatoms. The first-order valence-corrected chi connectivity index (χ1v) is 25.3. The lowest BCUT2D eigenvalue weighted by atomic mass is 9.89. The topological polar surface area (TPSA) is 256 Å². The fraction of sp³-hybridized carbons (Fsp3) is 0.857. The van der Waals surface area contributed by atoms with Crippen molar-refractivity contribution < 1.29 is 76.9 Å². The molecule has 352 valence electrons. The molecule has 1 rings (SSSR count). The molecule has 0 aromatic heterocycles. The van der Waals surface area contributed by atoms with E-state index in [1.807, 2.05) is 18.2 Å². The molecule has 1 aliphatic carbocycles. The fourth-order valence-corrected chi connectivity index (χ4v) is 8.09. The van der Waals surface area contributed by atoms with Crippen LogP contribution in [0.3, 0.4) is 0 Å². The van der Waals surface area contributed by atoms with Gasteiger partial charge in [0.1, 0.15) is 12.7 Å². The van der Waals surface area contributed by atoms with Crippen LogP contribution in [0.4, 0.5) is 0 Å². The van der Waals surface area contributed by atoms with Gasteiger partial charge in [0, 0.05) is 25.2 Å². The number of aliphatic hydroxyl groups excluding tert-OH is 4. The molecule has 7 N–H and O–H groups in total. The standard InChI is InChI=1S/C42H78O16P2/c1-3-5-7-8-9-10-11-12-13-14-15-16-22-26-42(48)58-36(33-57-60(52,53)56-31-35(44)30-55-59(49,50)51)32-54-41(47)25-21-18-17-20-24-37-38(40(46)29-39(37)45)28-27-34(43)23-19-6-4-2/h17,20,27-28,34-40,43-46H,3-16,18-19,21-26,29-33H2,1-2H3,(H,52,53)(H2,49,50,51)/b20-17+,28-27+/t34-,35-,36+,37+,38+,39-,40+/m0/s1. The number of rotatable bonds is 38. The molecule has 0 amide bonds. The maximum atomic E-state index is 12.7. The molecule has 0 aliphatic heterocycles. The number of allylic oxidation sites excluding steroid dienone is 2. The number of aliphatic hydroxyl groups is 4. The zero-order valence-electron chi connectivity index (χ0n) is 36.1. The van der Waals surface area contributed by atoms with Crippen LogP contribution in [0.5, 0.6) is 0 Å². The van der Waals surface area contributed by atoms with Crippen LogP contribution in [0.1, 0.15) is 162 Å². The Morgan fingerprint density at radius 2 is 1.22 bits per heavy atom. The van der Waals surface area contributed by atoms with E-state index in [9.17, 15) is 44.0 Å². The summed E-state index contributed by atoms with van der Waals surface area (Å²) in [6.07, 6.45) is 22.7. The summed E-state index contributed by atoms with van der Waals surface area (Å²) in [5.74, 6) is -1.70. The van der Waals surface area contributed by atoms with Crippen LogP contribution in [0.25, 0.3) is 0 Å². The van der Waals surface area contributed by atoms with Crippen LogP contribution < -0.4 is 0 Å². The van der Waals surface area contributed by atoms with E-state index in [0.717, 1.165) is 44.9 Å². The third kappa shape index (κ3) is 30.5. The lowest BCUT2D eigenvalue weighted by Gasteiger charge is -2.20. The van der Waals surface area contributed by atoms with E-state index in [-0.39, 0.29) is 31.1 Å². The maximum Gasteiger partial charge on any atom is 0.472 e. The molecule has 0 saturated heterocycles. The van der Waals surface area contributed by atoms with E-state index in [1.54, 1.807) is 6.08 Å². The highest BCUT2D eigenvalue weighted by atomic mass is 31.2. The monoisotopic (exact) mass is 900 g/mol. The van der Waals surface area contributed by atoms with Gasteiger partial charge in [-0.25, -0.2) is 9.13 Å². The van der Waals surface area contributed by atoms with Crippen molar-refractivity contribution in [3.8, 4) is 0 Å². The molecule has 8 atom stereocenters. The third-order valence-corrected chi connectivity index (χ3v) is 11.8. The van der Waals surface area contributed by atoms with Gasteiger partial charge in [-0.15, -0.1) is 0 Å². The second-order valence-corrected chi connectivity index (χ2v) is 18.6. The largest absolute Gasteiger partial charge is 0.472 e. The Bertz CT molecular complexity index is 1280. The summed E-state index contributed by atoms with van der Waals surface area (Å²) in [5, 5.41) is 41.1. The van der Waals surface area contributed by atoms with Crippen LogP contribution in [0.2, 0.25) is 0 Å². The van der Waals surface area contributed by atoms with Crippen LogP contribution in [0.15, 0.2) is 24.3 Å². The predicted molar refractivity (Wildman–Crippen MR) is 227 cm³/mol. The van der Waals surface area contributed by atoms with Crippen LogP contribution in [0, 0.1) is 11.8 Å². The van der Waals surface area contributed by atoms with Crippen molar-refractivity contribution in [3.05, 3.63) is 24.3 Å².